The second-order valence-corrected chi connectivity index (χ2v) is 2.54. The van der Waals surface area contributed by atoms with Gasteiger partial charge in [0.2, 0.25) is 11.2 Å². The Morgan fingerprint density at radius 1 is 1.29 bits per heavy atom. The van der Waals surface area contributed by atoms with Crippen LogP contribution in [0.5, 0.6) is 5.75 Å². The monoisotopic (exact) mass is 191 g/mol. The van der Waals surface area contributed by atoms with Gasteiger partial charge in [0, 0.05) is 5.56 Å². The van der Waals surface area contributed by atoms with E-state index >= 15 is 0 Å². The van der Waals surface area contributed by atoms with Crippen molar-refractivity contribution in [2.75, 3.05) is 14.2 Å². The van der Waals surface area contributed by atoms with Crippen molar-refractivity contribution in [1.82, 2.24) is 0 Å². The molecule has 0 bridgehead atoms. The zero-order valence-corrected chi connectivity index (χ0v) is 8.10. The molecule has 0 aliphatic rings. The molecule has 1 aromatic rings. The molecule has 0 unspecified atom stereocenters. The molecular formula is C10H11N2O2+. The highest BCUT2D eigenvalue weighted by Crippen LogP contribution is 2.18. The first kappa shape index (κ1) is 10.1. The average Bonchev–Trinajstić information content (AvgIpc) is 2.26. The highest BCUT2D eigenvalue weighted by Gasteiger charge is 2.06. The highest BCUT2D eigenvalue weighted by atomic mass is 16.5. The molecule has 4 heteroatoms. The standard InChI is InChI=1S/C10H11N2O2/c1-13-9-5-3-8(4-6-9)10(14-2)7-12-11/h3-7H,1-2H3/q+1/b10-7+. The van der Waals surface area contributed by atoms with Crippen molar-refractivity contribution in [3.8, 4) is 5.75 Å². The second kappa shape index (κ2) is 4.87. The number of rotatable bonds is 3. The van der Waals surface area contributed by atoms with E-state index in [0.717, 1.165) is 11.3 Å². The first-order chi connectivity index (χ1) is 6.81. The smallest absolute Gasteiger partial charge is 0.392 e. The van der Waals surface area contributed by atoms with Crippen molar-refractivity contribution < 1.29 is 9.47 Å². The molecule has 0 heterocycles. The lowest BCUT2D eigenvalue weighted by Gasteiger charge is -2.02. The van der Waals surface area contributed by atoms with Crippen molar-refractivity contribution >= 4 is 5.76 Å². The molecule has 0 atom stereocenters. The van der Waals surface area contributed by atoms with E-state index in [1.54, 1.807) is 19.2 Å². The predicted octanol–water partition coefficient (Wildman–Crippen LogP) is 2.49. The zero-order valence-electron chi connectivity index (χ0n) is 8.10. The summed E-state index contributed by atoms with van der Waals surface area (Å²) in [5.74, 6) is 1.26. The van der Waals surface area contributed by atoms with Crippen LogP contribution < -0.4 is 4.74 Å². The Morgan fingerprint density at radius 3 is 2.36 bits per heavy atom. The number of methoxy groups -OCH3 is 2. The molecule has 1 aromatic carbocycles. The van der Waals surface area contributed by atoms with Crippen LogP contribution in [-0.4, -0.2) is 14.2 Å². The topological polar surface area (TPSA) is 46.6 Å². The van der Waals surface area contributed by atoms with Gasteiger partial charge in [-0.1, -0.05) is 0 Å². The molecule has 0 aromatic heterocycles. The van der Waals surface area contributed by atoms with E-state index in [-0.39, 0.29) is 0 Å². The van der Waals surface area contributed by atoms with Crippen LogP contribution in [0.4, 0.5) is 0 Å². The normalized spacial score (nSPS) is 10.5. The summed E-state index contributed by atoms with van der Waals surface area (Å²) in [5.41, 5.74) is 0.825. The number of diazo groups is 1. The van der Waals surface area contributed by atoms with Gasteiger partial charge in [-0.15, -0.1) is 0 Å². The zero-order chi connectivity index (χ0) is 10.4. The second-order valence-electron chi connectivity index (χ2n) is 2.54. The third-order valence-corrected chi connectivity index (χ3v) is 1.77. The van der Waals surface area contributed by atoms with Gasteiger partial charge < -0.3 is 9.47 Å². The van der Waals surface area contributed by atoms with Gasteiger partial charge in [0.15, 0.2) is 4.98 Å². The Labute approximate surface area is 82.4 Å². The maximum atomic E-state index is 8.37. The lowest BCUT2D eigenvalue weighted by atomic mass is 10.2. The Kier molecular flexibility index (Phi) is 3.50. The molecule has 0 N–H and O–H groups in total. The van der Waals surface area contributed by atoms with E-state index < -0.39 is 0 Å². The lowest BCUT2D eigenvalue weighted by molar-refractivity contribution is 0.369. The van der Waals surface area contributed by atoms with Gasteiger partial charge in [-0.3, -0.25) is 0 Å². The minimum absolute atomic E-state index is 0.496. The molecule has 1 rings (SSSR count). The van der Waals surface area contributed by atoms with Gasteiger partial charge in [-0.05, 0) is 24.3 Å². The van der Waals surface area contributed by atoms with Gasteiger partial charge in [0.05, 0.1) is 14.2 Å². The fourth-order valence-corrected chi connectivity index (χ4v) is 1.05. The lowest BCUT2D eigenvalue weighted by Crippen LogP contribution is -1.87. The Balaban J connectivity index is 2.96. The number of ether oxygens (including phenoxy) is 2. The van der Waals surface area contributed by atoms with E-state index in [2.05, 4.69) is 4.98 Å². The van der Waals surface area contributed by atoms with Gasteiger partial charge in [0.25, 0.3) is 0 Å². The minimum Gasteiger partial charge on any atom is -0.497 e. The molecular weight excluding hydrogens is 180 g/mol. The summed E-state index contributed by atoms with van der Waals surface area (Å²) >= 11 is 0. The highest BCUT2D eigenvalue weighted by molar-refractivity contribution is 5.61. The van der Waals surface area contributed by atoms with Crippen LogP contribution in [0.2, 0.25) is 0 Å². The van der Waals surface area contributed by atoms with Gasteiger partial charge in [0.1, 0.15) is 5.75 Å². The van der Waals surface area contributed by atoms with Gasteiger partial charge >= 0.3 is 6.20 Å². The SMILES string of the molecule is CO/C(=C/[N+]#N)c1ccc(OC)cc1. The first-order valence-electron chi connectivity index (χ1n) is 4.04. The Bertz CT molecular complexity index is 363. The van der Waals surface area contributed by atoms with Crippen LogP contribution in [0.3, 0.4) is 0 Å². The fraction of sp³-hybridized carbons (Fsp3) is 0.200. The predicted molar refractivity (Wildman–Crippen MR) is 53.1 cm³/mol. The summed E-state index contributed by atoms with van der Waals surface area (Å²) in [6, 6.07) is 7.25. The van der Waals surface area contributed by atoms with Gasteiger partial charge in [-0.25, -0.2) is 0 Å². The molecule has 14 heavy (non-hydrogen) atoms. The summed E-state index contributed by atoms with van der Waals surface area (Å²) in [7, 11) is 3.12. The van der Waals surface area contributed by atoms with Crippen LogP contribution in [0.15, 0.2) is 30.5 Å². The number of hydrogen-bond acceptors (Lipinski definition) is 3. The number of hydrogen-bond donors (Lipinski definition) is 0. The third-order valence-electron chi connectivity index (χ3n) is 1.77. The summed E-state index contributed by atoms with van der Waals surface area (Å²) in [6.45, 7) is 0. The van der Waals surface area contributed by atoms with Crippen molar-refractivity contribution in [2.45, 2.75) is 0 Å². The summed E-state index contributed by atoms with van der Waals surface area (Å²) in [4.78, 5) is 2.91. The van der Waals surface area contributed by atoms with E-state index in [1.165, 1.54) is 13.3 Å². The van der Waals surface area contributed by atoms with Crippen LogP contribution in [0.1, 0.15) is 5.56 Å². The molecule has 4 nitrogen and oxygen atoms in total. The van der Waals surface area contributed by atoms with Gasteiger partial charge in [-0.2, -0.15) is 0 Å². The maximum absolute atomic E-state index is 8.37. The third kappa shape index (κ3) is 2.23. The molecule has 0 aliphatic heterocycles. The molecule has 0 amide bonds. The largest absolute Gasteiger partial charge is 0.497 e. The van der Waals surface area contributed by atoms with Crippen LogP contribution in [0.25, 0.3) is 10.7 Å². The Hall–Kier alpha value is -2.02. The van der Waals surface area contributed by atoms with Crippen LogP contribution in [0, 0.1) is 5.39 Å². The molecule has 0 spiro atoms. The molecule has 0 fully saturated rings. The average molecular weight is 191 g/mol. The number of benzene rings is 1. The Morgan fingerprint density at radius 2 is 1.93 bits per heavy atom. The van der Waals surface area contributed by atoms with E-state index in [9.17, 15) is 0 Å². The minimum atomic E-state index is 0.496. The van der Waals surface area contributed by atoms with E-state index in [1.807, 2.05) is 12.1 Å². The quantitative estimate of drug-likeness (QED) is 0.544. The molecule has 0 radical (unpaired) electrons. The molecule has 0 saturated carbocycles. The van der Waals surface area contributed by atoms with Crippen molar-refractivity contribution in [1.29, 1.82) is 5.39 Å². The molecule has 0 aliphatic carbocycles. The van der Waals surface area contributed by atoms with Crippen molar-refractivity contribution in [3.05, 3.63) is 41.0 Å². The first-order valence-corrected chi connectivity index (χ1v) is 4.04. The maximum Gasteiger partial charge on any atom is 0.392 e. The van der Waals surface area contributed by atoms with E-state index in [0.29, 0.717) is 5.76 Å². The van der Waals surface area contributed by atoms with E-state index in [4.69, 9.17) is 14.9 Å². The molecule has 0 saturated heterocycles. The van der Waals surface area contributed by atoms with Crippen molar-refractivity contribution in [2.24, 2.45) is 0 Å². The van der Waals surface area contributed by atoms with Crippen LogP contribution >= 0.6 is 0 Å². The number of nitrogens with zero attached hydrogens (tertiary/aromatic N) is 2. The van der Waals surface area contributed by atoms with Crippen molar-refractivity contribution in [3.63, 3.8) is 0 Å². The fourth-order valence-electron chi connectivity index (χ4n) is 1.05. The summed E-state index contributed by atoms with van der Waals surface area (Å²) in [6.07, 6.45) is 1.24. The molecule has 72 valence electrons. The summed E-state index contributed by atoms with van der Waals surface area (Å²) in [5, 5.41) is 8.37. The summed E-state index contributed by atoms with van der Waals surface area (Å²) < 4.78 is 10.0. The van der Waals surface area contributed by atoms with Crippen LogP contribution in [-0.2, 0) is 4.74 Å².